The number of carbonyl (C=O) groups is 1. The molecule has 8 heteroatoms. The minimum Gasteiger partial charge on any atom is -0.506 e. The van der Waals surface area contributed by atoms with Gasteiger partial charge in [-0.05, 0) is 50.2 Å². The standard InChI is InChI=1S/C23H28N4O4/c1-2-31-20-15-16(23(29)24-9-4-10-27-11-13-30-14-12-27)7-8-17(20)22-25-18-5-3-6-19(28)21(18)26-22/h3,5-8,15,28H,2,4,9-14H2,1H3,(H,24,29)(H,25,26). The summed E-state index contributed by atoms with van der Waals surface area (Å²) in [7, 11) is 0. The van der Waals surface area contributed by atoms with Crippen LogP contribution >= 0.6 is 0 Å². The van der Waals surface area contributed by atoms with Crippen LogP contribution in [0.15, 0.2) is 36.4 Å². The molecule has 0 saturated carbocycles. The number of morpholine rings is 1. The molecule has 164 valence electrons. The molecular formula is C23H28N4O4. The molecule has 8 nitrogen and oxygen atoms in total. The van der Waals surface area contributed by atoms with Gasteiger partial charge in [-0.2, -0.15) is 0 Å². The molecule has 0 spiro atoms. The lowest BCUT2D eigenvalue weighted by Crippen LogP contribution is -2.38. The van der Waals surface area contributed by atoms with E-state index in [1.165, 1.54) is 0 Å². The number of ether oxygens (including phenoxy) is 2. The van der Waals surface area contributed by atoms with Gasteiger partial charge in [0.25, 0.3) is 5.91 Å². The van der Waals surface area contributed by atoms with E-state index in [9.17, 15) is 9.90 Å². The summed E-state index contributed by atoms with van der Waals surface area (Å²) >= 11 is 0. The van der Waals surface area contributed by atoms with Crippen molar-refractivity contribution in [2.45, 2.75) is 13.3 Å². The minimum absolute atomic E-state index is 0.117. The fourth-order valence-electron chi connectivity index (χ4n) is 3.71. The molecular weight excluding hydrogens is 396 g/mol. The van der Waals surface area contributed by atoms with Crippen LogP contribution < -0.4 is 10.1 Å². The Hall–Kier alpha value is -3.10. The topological polar surface area (TPSA) is 99.7 Å². The first-order chi connectivity index (χ1) is 15.2. The molecule has 0 atom stereocenters. The number of aromatic amines is 1. The lowest BCUT2D eigenvalue weighted by Gasteiger charge is -2.26. The molecule has 2 aromatic carbocycles. The van der Waals surface area contributed by atoms with Crippen molar-refractivity contribution >= 4 is 16.9 Å². The van der Waals surface area contributed by atoms with Gasteiger partial charge in [-0.15, -0.1) is 0 Å². The SMILES string of the molecule is CCOc1cc(C(=O)NCCCN2CCOCC2)ccc1-c1nc2c(O)cccc2[nH]1. The fraction of sp³-hybridized carbons (Fsp3) is 0.391. The van der Waals surface area contributed by atoms with Gasteiger partial charge in [-0.25, -0.2) is 4.98 Å². The van der Waals surface area contributed by atoms with E-state index in [1.807, 2.05) is 19.1 Å². The zero-order chi connectivity index (χ0) is 21.6. The van der Waals surface area contributed by atoms with E-state index in [1.54, 1.807) is 24.3 Å². The van der Waals surface area contributed by atoms with Crippen LogP contribution in [0.4, 0.5) is 0 Å². The first-order valence-corrected chi connectivity index (χ1v) is 10.7. The van der Waals surface area contributed by atoms with Crippen LogP contribution in [0, 0.1) is 0 Å². The Bertz CT molecular complexity index is 1040. The molecule has 0 radical (unpaired) electrons. The van der Waals surface area contributed by atoms with Crippen LogP contribution in [-0.2, 0) is 4.74 Å². The van der Waals surface area contributed by atoms with Crippen LogP contribution in [0.2, 0.25) is 0 Å². The molecule has 0 unspecified atom stereocenters. The smallest absolute Gasteiger partial charge is 0.251 e. The Balaban J connectivity index is 1.44. The van der Waals surface area contributed by atoms with E-state index in [0.29, 0.717) is 35.8 Å². The molecule has 2 heterocycles. The van der Waals surface area contributed by atoms with Crippen molar-refractivity contribution in [3.63, 3.8) is 0 Å². The number of imidazole rings is 1. The van der Waals surface area contributed by atoms with Crippen molar-refractivity contribution < 1.29 is 19.4 Å². The second-order valence-corrected chi connectivity index (χ2v) is 7.47. The van der Waals surface area contributed by atoms with Gasteiger partial charge in [0, 0.05) is 25.2 Å². The number of benzene rings is 2. The van der Waals surface area contributed by atoms with Crippen molar-refractivity contribution in [3.8, 4) is 22.9 Å². The number of aromatic hydroxyl groups is 1. The average Bonchev–Trinajstić information content (AvgIpc) is 3.23. The van der Waals surface area contributed by atoms with Crippen molar-refractivity contribution in [2.24, 2.45) is 0 Å². The highest BCUT2D eigenvalue weighted by molar-refractivity contribution is 5.95. The number of aromatic nitrogens is 2. The van der Waals surface area contributed by atoms with Gasteiger partial charge in [0.15, 0.2) is 0 Å². The van der Waals surface area contributed by atoms with Gasteiger partial charge in [0.05, 0.1) is 30.9 Å². The number of hydrogen-bond acceptors (Lipinski definition) is 6. The second-order valence-electron chi connectivity index (χ2n) is 7.47. The highest BCUT2D eigenvalue weighted by Gasteiger charge is 2.16. The minimum atomic E-state index is -0.128. The number of H-pyrrole nitrogens is 1. The molecule has 3 aromatic rings. The summed E-state index contributed by atoms with van der Waals surface area (Å²) in [6.07, 6.45) is 0.893. The number of amides is 1. The van der Waals surface area contributed by atoms with E-state index in [2.05, 4.69) is 20.2 Å². The first kappa shape index (κ1) is 21.1. The quantitative estimate of drug-likeness (QED) is 0.481. The van der Waals surface area contributed by atoms with Gasteiger partial charge in [0.2, 0.25) is 0 Å². The Labute approximate surface area is 181 Å². The maximum Gasteiger partial charge on any atom is 0.251 e. The summed E-state index contributed by atoms with van der Waals surface area (Å²) in [6.45, 7) is 7.39. The number of carbonyl (C=O) groups excluding carboxylic acids is 1. The number of nitrogens with zero attached hydrogens (tertiary/aromatic N) is 2. The summed E-state index contributed by atoms with van der Waals surface area (Å²) < 4.78 is 11.1. The van der Waals surface area contributed by atoms with Crippen LogP contribution in [0.25, 0.3) is 22.4 Å². The maximum absolute atomic E-state index is 12.6. The van der Waals surface area contributed by atoms with Gasteiger partial charge in [-0.3, -0.25) is 9.69 Å². The second kappa shape index (κ2) is 9.80. The number of fused-ring (bicyclic) bond motifs is 1. The van der Waals surface area contributed by atoms with Gasteiger partial charge in [0.1, 0.15) is 22.8 Å². The zero-order valence-corrected chi connectivity index (χ0v) is 17.7. The summed E-state index contributed by atoms with van der Waals surface area (Å²) in [5.74, 6) is 1.14. The summed E-state index contributed by atoms with van der Waals surface area (Å²) in [4.78, 5) is 22.7. The van der Waals surface area contributed by atoms with E-state index in [0.717, 1.165) is 50.3 Å². The highest BCUT2D eigenvalue weighted by atomic mass is 16.5. The molecule has 0 bridgehead atoms. The van der Waals surface area contributed by atoms with E-state index >= 15 is 0 Å². The predicted octanol–water partition coefficient (Wildman–Crippen LogP) is 2.79. The first-order valence-electron chi connectivity index (χ1n) is 10.7. The number of hydrogen-bond donors (Lipinski definition) is 3. The lowest BCUT2D eigenvalue weighted by molar-refractivity contribution is 0.0374. The Morgan fingerprint density at radius 1 is 1.29 bits per heavy atom. The third-order valence-electron chi connectivity index (χ3n) is 5.33. The highest BCUT2D eigenvalue weighted by Crippen LogP contribution is 2.32. The largest absolute Gasteiger partial charge is 0.506 e. The van der Waals surface area contributed by atoms with Crippen LogP contribution in [0.5, 0.6) is 11.5 Å². The molecule has 3 N–H and O–H groups in total. The number of rotatable bonds is 8. The zero-order valence-electron chi connectivity index (χ0n) is 17.7. The molecule has 1 fully saturated rings. The third kappa shape index (κ3) is 4.98. The Kier molecular flexibility index (Phi) is 6.69. The number of para-hydroxylation sites is 1. The third-order valence-corrected chi connectivity index (χ3v) is 5.33. The van der Waals surface area contributed by atoms with E-state index < -0.39 is 0 Å². The van der Waals surface area contributed by atoms with Crippen molar-refractivity contribution in [3.05, 3.63) is 42.0 Å². The molecule has 1 amide bonds. The molecule has 1 aliphatic rings. The van der Waals surface area contributed by atoms with Gasteiger partial charge >= 0.3 is 0 Å². The molecule has 1 aliphatic heterocycles. The monoisotopic (exact) mass is 424 g/mol. The van der Waals surface area contributed by atoms with Gasteiger partial charge < -0.3 is 24.9 Å². The number of nitrogens with one attached hydrogen (secondary N) is 2. The van der Waals surface area contributed by atoms with Crippen molar-refractivity contribution in [1.82, 2.24) is 20.2 Å². The Morgan fingerprint density at radius 3 is 2.90 bits per heavy atom. The van der Waals surface area contributed by atoms with Crippen molar-refractivity contribution in [2.75, 3.05) is 46.0 Å². The van der Waals surface area contributed by atoms with Crippen LogP contribution in [0.1, 0.15) is 23.7 Å². The number of phenolic OH excluding ortho intramolecular Hbond substituents is 1. The van der Waals surface area contributed by atoms with Crippen molar-refractivity contribution in [1.29, 1.82) is 0 Å². The normalized spacial score (nSPS) is 14.6. The maximum atomic E-state index is 12.6. The summed E-state index contributed by atoms with van der Waals surface area (Å²) in [6, 6.07) is 10.5. The Morgan fingerprint density at radius 2 is 2.13 bits per heavy atom. The predicted molar refractivity (Wildman–Crippen MR) is 119 cm³/mol. The molecule has 1 saturated heterocycles. The van der Waals surface area contributed by atoms with E-state index in [4.69, 9.17) is 9.47 Å². The van der Waals surface area contributed by atoms with E-state index in [-0.39, 0.29) is 11.7 Å². The average molecular weight is 425 g/mol. The fourth-order valence-corrected chi connectivity index (χ4v) is 3.71. The lowest BCUT2D eigenvalue weighted by atomic mass is 10.1. The molecule has 1 aromatic heterocycles. The van der Waals surface area contributed by atoms with Crippen LogP contribution in [-0.4, -0.2) is 71.9 Å². The molecule has 31 heavy (non-hydrogen) atoms. The molecule has 0 aliphatic carbocycles. The summed E-state index contributed by atoms with van der Waals surface area (Å²) in [5, 5.41) is 13.0. The molecule has 4 rings (SSSR count). The number of phenols is 1. The van der Waals surface area contributed by atoms with Crippen LogP contribution in [0.3, 0.4) is 0 Å². The van der Waals surface area contributed by atoms with Gasteiger partial charge in [-0.1, -0.05) is 6.07 Å². The summed E-state index contributed by atoms with van der Waals surface area (Å²) in [5.41, 5.74) is 2.51.